The SMILES string of the molecule is CN=C(NCc1cnc(C)s1)NCc1nc(C(F)(F)F)cs1.I. The zero-order valence-electron chi connectivity index (χ0n) is 12.3. The van der Waals surface area contributed by atoms with E-state index in [0.29, 0.717) is 17.5 Å². The maximum absolute atomic E-state index is 12.5. The minimum atomic E-state index is -4.40. The lowest BCUT2D eigenvalue weighted by molar-refractivity contribution is -0.140. The molecule has 0 saturated carbocycles. The van der Waals surface area contributed by atoms with Crippen molar-refractivity contribution in [2.75, 3.05) is 7.05 Å². The molecule has 2 aromatic rings. The summed E-state index contributed by atoms with van der Waals surface area (Å²) in [6.45, 7) is 2.65. The Morgan fingerprint density at radius 3 is 2.52 bits per heavy atom. The first-order valence-electron chi connectivity index (χ1n) is 6.26. The van der Waals surface area contributed by atoms with E-state index in [1.54, 1.807) is 24.6 Å². The highest BCUT2D eigenvalue weighted by Gasteiger charge is 2.33. The summed E-state index contributed by atoms with van der Waals surface area (Å²) in [6, 6.07) is 0. The lowest BCUT2D eigenvalue weighted by Gasteiger charge is -2.09. The number of nitrogens with zero attached hydrogens (tertiary/aromatic N) is 3. The van der Waals surface area contributed by atoms with Crippen molar-refractivity contribution < 1.29 is 13.2 Å². The summed E-state index contributed by atoms with van der Waals surface area (Å²) >= 11 is 2.53. The molecule has 0 aromatic carbocycles. The van der Waals surface area contributed by atoms with E-state index in [1.807, 2.05) is 6.92 Å². The molecular formula is C12H15F3IN5S2. The van der Waals surface area contributed by atoms with Gasteiger partial charge in [0.25, 0.3) is 0 Å². The maximum atomic E-state index is 12.5. The summed E-state index contributed by atoms with van der Waals surface area (Å²) in [5.74, 6) is 0.495. The Kier molecular flexibility index (Phi) is 7.67. The molecule has 11 heteroatoms. The number of alkyl halides is 3. The molecule has 0 radical (unpaired) electrons. The van der Waals surface area contributed by atoms with E-state index in [9.17, 15) is 13.2 Å². The van der Waals surface area contributed by atoms with E-state index in [0.717, 1.165) is 26.6 Å². The average Bonchev–Trinajstić information content (AvgIpc) is 3.07. The fourth-order valence-electron chi connectivity index (χ4n) is 1.56. The average molecular weight is 477 g/mol. The van der Waals surface area contributed by atoms with Crippen LogP contribution in [0.5, 0.6) is 0 Å². The number of hydrogen-bond acceptors (Lipinski definition) is 5. The second-order valence-corrected chi connectivity index (χ2v) is 6.51. The van der Waals surface area contributed by atoms with Crippen LogP contribution in [0.1, 0.15) is 20.6 Å². The Bertz CT molecular complexity index is 653. The number of halogens is 4. The van der Waals surface area contributed by atoms with Gasteiger partial charge in [-0.15, -0.1) is 46.7 Å². The van der Waals surface area contributed by atoms with Gasteiger partial charge in [0.05, 0.1) is 18.1 Å². The van der Waals surface area contributed by atoms with Crippen molar-refractivity contribution in [2.24, 2.45) is 4.99 Å². The molecule has 128 valence electrons. The first-order valence-corrected chi connectivity index (χ1v) is 7.95. The molecule has 0 aliphatic rings. The smallest absolute Gasteiger partial charge is 0.351 e. The van der Waals surface area contributed by atoms with E-state index in [2.05, 4.69) is 25.6 Å². The van der Waals surface area contributed by atoms with Crippen LogP contribution in [-0.4, -0.2) is 23.0 Å². The normalized spacial score (nSPS) is 12.0. The van der Waals surface area contributed by atoms with Crippen LogP contribution in [0.15, 0.2) is 16.6 Å². The molecule has 0 spiro atoms. The van der Waals surface area contributed by atoms with E-state index < -0.39 is 11.9 Å². The molecule has 23 heavy (non-hydrogen) atoms. The molecule has 0 aliphatic carbocycles. The van der Waals surface area contributed by atoms with Crippen LogP contribution in [0.25, 0.3) is 0 Å². The van der Waals surface area contributed by atoms with Gasteiger partial charge < -0.3 is 10.6 Å². The third-order valence-corrected chi connectivity index (χ3v) is 4.33. The molecule has 0 fully saturated rings. The third kappa shape index (κ3) is 6.22. The topological polar surface area (TPSA) is 62.2 Å². The van der Waals surface area contributed by atoms with E-state index in [4.69, 9.17) is 0 Å². The highest BCUT2D eigenvalue weighted by molar-refractivity contribution is 14.0. The maximum Gasteiger partial charge on any atom is 0.434 e. The monoisotopic (exact) mass is 477 g/mol. The highest BCUT2D eigenvalue weighted by Crippen LogP contribution is 2.29. The van der Waals surface area contributed by atoms with Crippen molar-refractivity contribution in [3.63, 3.8) is 0 Å². The standard InChI is InChI=1S/C12H14F3N5S2.HI/c1-7-17-3-8(22-7)4-18-11(16-2)19-5-10-20-9(6-21-10)12(13,14)15;/h3,6H,4-5H2,1-2H3,(H2,16,18,19);1H. The van der Waals surface area contributed by atoms with Crippen LogP contribution in [0.2, 0.25) is 0 Å². The molecule has 0 aliphatic heterocycles. The molecule has 0 amide bonds. The van der Waals surface area contributed by atoms with Gasteiger partial charge in [-0.3, -0.25) is 4.99 Å². The first kappa shape index (κ1) is 20.1. The number of guanidine groups is 1. The number of nitrogens with one attached hydrogen (secondary N) is 2. The zero-order valence-corrected chi connectivity index (χ0v) is 16.2. The first-order chi connectivity index (χ1) is 10.4. The lowest BCUT2D eigenvalue weighted by atomic mass is 10.5. The second-order valence-electron chi connectivity index (χ2n) is 4.25. The largest absolute Gasteiger partial charge is 0.434 e. The van der Waals surface area contributed by atoms with Crippen molar-refractivity contribution in [2.45, 2.75) is 26.2 Å². The summed E-state index contributed by atoms with van der Waals surface area (Å²) in [4.78, 5) is 12.8. The van der Waals surface area contributed by atoms with Gasteiger partial charge in [0, 0.05) is 23.5 Å². The fourth-order valence-corrected chi connectivity index (χ4v) is 3.04. The number of hydrogen-bond donors (Lipinski definition) is 2. The molecule has 2 N–H and O–H groups in total. The van der Waals surface area contributed by atoms with Crippen LogP contribution in [0, 0.1) is 6.92 Å². The number of thiazole rings is 2. The van der Waals surface area contributed by atoms with E-state index >= 15 is 0 Å². The molecule has 5 nitrogen and oxygen atoms in total. The van der Waals surface area contributed by atoms with E-state index in [1.165, 1.54) is 0 Å². The summed E-state index contributed by atoms with van der Waals surface area (Å²) in [7, 11) is 1.59. The number of rotatable bonds is 4. The number of aliphatic imine (C=N–C) groups is 1. The van der Waals surface area contributed by atoms with Gasteiger partial charge in [0.1, 0.15) is 5.01 Å². The van der Waals surface area contributed by atoms with Crippen molar-refractivity contribution >= 4 is 52.6 Å². The van der Waals surface area contributed by atoms with Crippen molar-refractivity contribution in [1.29, 1.82) is 0 Å². The molecule has 2 aromatic heterocycles. The summed E-state index contributed by atoms with van der Waals surface area (Å²) in [6.07, 6.45) is -2.63. The van der Waals surface area contributed by atoms with Gasteiger partial charge in [-0.05, 0) is 6.92 Å². The van der Waals surface area contributed by atoms with Crippen LogP contribution in [0.4, 0.5) is 13.2 Å². The Labute approximate surface area is 156 Å². The minimum Gasteiger partial charge on any atom is -0.351 e. The third-order valence-electron chi connectivity index (χ3n) is 2.57. The second kappa shape index (κ2) is 8.78. The summed E-state index contributed by atoms with van der Waals surface area (Å²) < 4.78 is 37.4. The highest BCUT2D eigenvalue weighted by atomic mass is 127. The Morgan fingerprint density at radius 1 is 1.30 bits per heavy atom. The summed E-state index contributed by atoms with van der Waals surface area (Å²) in [5, 5.41) is 8.33. The van der Waals surface area contributed by atoms with Crippen molar-refractivity contribution in [3.8, 4) is 0 Å². The van der Waals surface area contributed by atoms with Gasteiger partial charge in [-0.25, -0.2) is 9.97 Å². The van der Waals surface area contributed by atoms with Crippen molar-refractivity contribution in [3.05, 3.63) is 32.2 Å². The number of aromatic nitrogens is 2. The fraction of sp³-hybridized carbons (Fsp3) is 0.417. The zero-order chi connectivity index (χ0) is 16.2. The Balaban J connectivity index is 0.00000264. The summed E-state index contributed by atoms with van der Waals surface area (Å²) in [5.41, 5.74) is -0.864. The number of aryl methyl sites for hydroxylation is 1. The minimum absolute atomic E-state index is 0. The van der Waals surface area contributed by atoms with Gasteiger partial charge in [-0.2, -0.15) is 13.2 Å². The predicted molar refractivity (Wildman–Crippen MR) is 96.4 cm³/mol. The van der Waals surface area contributed by atoms with Gasteiger partial charge >= 0.3 is 6.18 Å². The van der Waals surface area contributed by atoms with Crippen LogP contribution < -0.4 is 10.6 Å². The van der Waals surface area contributed by atoms with Crippen molar-refractivity contribution in [1.82, 2.24) is 20.6 Å². The van der Waals surface area contributed by atoms with E-state index in [-0.39, 0.29) is 30.5 Å². The lowest BCUT2D eigenvalue weighted by Crippen LogP contribution is -2.36. The van der Waals surface area contributed by atoms with Crippen LogP contribution >= 0.6 is 46.7 Å². The molecular weight excluding hydrogens is 462 g/mol. The molecule has 2 heterocycles. The molecule has 0 saturated heterocycles. The molecule has 0 atom stereocenters. The van der Waals surface area contributed by atoms with Gasteiger partial charge in [-0.1, -0.05) is 0 Å². The molecule has 0 unspecified atom stereocenters. The Hall–Kier alpha value is -0.950. The van der Waals surface area contributed by atoms with Gasteiger partial charge in [0.15, 0.2) is 11.7 Å². The Morgan fingerprint density at radius 2 is 2.00 bits per heavy atom. The quantitative estimate of drug-likeness (QED) is 0.403. The van der Waals surface area contributed by atoms with Gasteiger partial charge in [0.2, 0.25) is 0 Å². The van der Waals surface area contributed by atoms with Crippen LogP contribution in [0.3, 0.4) is 0 Å². The predicted octanol–water partition coefficient (Wildman–Crippen LogP) is 3.41. The molecule has 0 bridgehead atoms. The van der Waals surface area contributed by atoms with Crippen LogP contribution in [-0.2, 0) is 19.3 Å². The molecule has 2 rings (SSSR count).